The molecule has 1 N–H and O–H groups in total. The summed E-state index contributed by atoms with van der Waals surface area (Å²) in [6.45, 7) is 1.97. The number of hydrogen-bond donors (Lipinski definition) is 1. The molecular formula is C29H26N4O2S. The zero-order chi connectivity index (χ0) is 24.9. The fraction of sp³-hybridized carbons (Fsp3) is 0.241. The maximum absolute atomic E-state index is 13.7. The van der Waals surface area contributed by atoms with E-state index in [9.17, 15) is 9.59 Å². The summed E-state index contributed by atoms with van der Waals surface area (Å²) in [5.74, 6) is -0.314. The van der Waals surface area contributed by atoms with Gasteiger partial charge in [-0.1, -0.05) is 48.5 Å². The van der Waals surface area contributed by atoms with Crippen molar-refractivity contribution in [2.45, 2.75) is 31.7 Å². The number of amides is 2. The van der Waals surface area contributed by atoms with E-state index in [0.717, 1.165) is 33.5 Å². The topological polar surface area (TPSA) is 75.2 Å². The van der Waals surface area contributed by atoms with Crippen LogP contribution in [0.5, 0.6) is 0 Å². The normalized spacial score (nSPS) is 22.4. The van der Waals surface area contributed by atoms with E-state index in [1.807, 2.05) is 49.7 Å². The molecular weight excluding hydrogens is 468 g/mol. The number of aromatic nitrogens is 2. The average Bonchev–Trinajstić information content (AvgIpc) is 3.28. The molecule has 3 unspecified atom stereocenters. The fourth-order valence-electron chi connectivity index (χ4n) is 5.69. The van der Waals surface area contributed by atoms with Crippen molar-refractivity contribution in [2.24, 2.45) is 5.41 Å². The number of fused-ring (bicyclic) bond motifs is 2. The van der Waals surface area contributed by atoms with E-state index in [1.54, 1.807) is 17.3 Å². The second-order valence-electron chi connectivity index (χ2n) is 9.90. The highest BCUT2D eigenvalue weighted by molar-refractivity contribution is 7.13. The predicted molar refractivity (Wildman–Crippen MR) is 141 cm³/mol. The van der Waals surface area contributed by atoms with Gasteiger partial charge in [-0.05, 0) is 53.3 Å². The molecule has 3 atom stereocenters. The van der Waals surface area contributed by atoms with Gasteiger partial charge in [0.15, 0.2) is 5.13 Å². The summed E-state index contributed by atoms with van der Waals surface area (Å²) in [7, 11) is 1.81. The second-order valence-corrected chi connectivity index (χ2v) is 10.8. The Morgan fingerprint density at radius 1 is 1.08 bits per heavy atom. The van der Waals surface area contributed by atoms with Crippen LogP contribution >= 0.6 is 11.3 Å². The van der Waals surface area contributed by atoms with Crippen molar-refractivity contribution in [1.82, 2.24) is 14.9 Å². The number of pyridine rings is 1. The fourth-order valence-corrected chi connectivity index (χ4v) is 6.40. The van der Waals surface area contributed by atoms with E-state index in [2.05, 4.69) is 40.6 Å². The molecule has 1 saturated heterocycles. The lowest BCUT2D eigenvalue weighted by Gasteiger charge is -2.46. The third kappa shape index (κ3) is 3.80. The first kappa shape index (κ1) is 22.6. The van der Waals surface area contributed by atoms with E-state index in [1.165, 1.54) is 11.3 Å². The summed E-state index contributed by atoms with van der Waals surface area (Å²) in [4.78, 5) is 37.2. The van der Waals surface area contributed by atoms with Crippen LogP contribution in [0.15, 0.2) is 78.4 Å². The molecule has 0 radical (unpaired) electrons. The van der Waals surface area contributed by atoms with Gasteiger partial charge in [0.05, 0.1) is 23.1 Å². The van der Waals surface area contributed by atoms with E-state index in [4.69, 9.17) is 4.98 Å². The van der Waals surface area contributed by atoms with Crippen molar-refractivity contribution in [3.63, 3.8) is 0 Å². The summed E-state index contributed by atoms with van der Waals surface area (Å²) in [5.41, 5.74) is 5.60. The first-order chi connectivity index (χ1) is 17.4. The molecule has 4 bridgehead atoms. The van der Waals surface area contributed by atoms with Crippen LogP contribution < -0.4 is 5.32 Å². The van der Waals surface area contributed by atoms with E-state index < -0.39 is 5.41 Å². The number of nitrogens with one attached hydrogen (secondary N) is 1. The largest absolute Gasteiger partial charge is 0.337 e. The Balaban J connectivity index is 1.18. The SMILES string of the molecule is CN1C(=O)C2CC(C)(C(=O)Nc3nc(Cc4ccc(-c5ccncc5)cc4)cs3)C1c1cccc2c1. The number of likely N-dealkylation sites (N-methyl/N-ethyl adjacent to an activating group) is 1. The standard InChI is InChI=1S/C29H26N4O2S/c1-29(16-24-21-4-3-5-22(15-21)25(29)33(2)26(24)34)27(35)32-28-31-23(17-36-28)14-18-6-8-19(9-7-18)20-10-12-30-13-11-20/h3-13,15,17,24-25H,14,16H2,1-2H3,(H,31,32,35). The molecule has 2 aliphatic heterocycles. The van der Waals surface area contributed by atoms with Gasteiger partial charge in [0.25, 0.3) is 0 Å². The van der Waals surface area contributed by atoms with Gasteiger partial charge in [-0.15, -0.1) is 11.3 Å². The summed E-state index contributed by atoms with van der Waals surface area (Å²) < 4.78 is 0. The number of carbonyl (C=O) groups is 2. The molecule has 1 aliphatic carbocycles. The second kappa shape index (κ2) is 8.68. The van der Waals surface area contributed by atoms with Gasteiger partial charge >= 0.3 is 0 Å². The number of benzene rings is 2. The van der Waals surface area contributed by atoms with Gasteiger partial charge in [0.2, 0.25) is 11.8 Å². The summed E-state index contributed by atoms with van der Waals surface area (Å²) >= 11 is 1.44. The Morgan fingerprint density at radius 2 is 1.81 bits per heavy atom. The number of piperidine rings is 1. The number of anilines is 1. The van der Waals surface area contributed by atoms with Crippen LogP contribution in [-0.2, 0) is 16.0 Å². The number of nitrogens with zero attached hydrogens (tertiary/aromatic N) is 3. The number of carbonyl (C=O) groups excluding carboxylic acids is 2. The highest BCUT2D eigenvalue weighted by Gasteiger charge is 2.54. The van der Waals surface area contributed by atoms with Crippen LogP contribution in [-0.4, -0.2) is 33.7 Å². The molecule has 4 aromatic rings. The van der Waals surface area contributed by atoms with Crippen LogP contribution in [0.4, 0.5) is 5.13 Å². The van der Waals surface area contributed by atoms with Gasteiger partial charge in [0, 0.05) is 31.2 Å². The van der Waals surface area contributed by atoms with Crippen molar-refractivity contribution in [3.05, 3.63) is 101 Å². The van der Waals surface area contributed by atoms with Crippen molar-refractivity contribution in [1.29, 1.82) is 0 Å². The lowest BCUT2D eigenvalue weighted by Crippen LogP contribution is -2.52. The highest BCUT2D eigenvalue weighted by Crippen LogP contribution is 2.53. The number of hydrogen-bond acceptors (Lipinski definition) is 5. The molecule has 2 amide bonds. The van der Waals surface area contributed by atoms with Crippen LogP contribution in [0.25, 0.3) is 11.1 Å². The highest BCUT2D eigenvalue weighted by atomic mass is 32.1. The molecule has 3 aliphatic rings. The molecule has 2 aromatic carbocycles. The summed E-state index contributed by atoms with van der Waals surface area (Å²) in [6.07, 6.45) is 4.76. The Bertz CT molecular complexity index is 1450. The maximum Gasteiger partial charge on any atom is 0.234 e. The molecule has 6 nitrogen and oxygen atoms in total. The minimum Gasteiger partial charge on any atom is -0.337 e. The van der Waals surface area contributed by atoms with Crippen molar-refractivity contribution < 1.29 is 9.59 Å². The Labute approximate surface area is 214 Å². The first-order valence-corrected chi connectivity index (χ1v) is 12.9. The van der Waals surface area contributed by atoms with E-state index in [-0.39, 0.29) is 23.8 Å². The minimum atomic E-state index is -0.752. The van der Waals surface area contributed by atoms with Crippen LogP contribution in [0.2, 0.25) is 0 Å². The Kier molecular flexibility index (Phi) is 5.45. The summed E-state index contributed by atoms with van der Waals surface area (Å²) in [6, 6.07) is 20.2. The quantitative estimate of drug-likeness (QED) is 0.401. The maximum atomic E-state index is 13.7. The zero-order valence-electron chi connectivity index (χ0n) is 20.1. The molecule has 180 valence electrons. The van der Waals surface area contributed by atoms with Gasteiger partial charge in [-0.25, -0.2) is 4.98 Å². The average molecular weight is 495 g/mol. The third-order valence-electron chi connectivity index (χ3n) is 7.54. The third-order valence-corrected chi connectivity index (χ3v) is 8.34. The van der Waals surface area contributed by atoms with Crippen molar-refractivity contribution >= 4 is 28.3 Å². The first-order valence-electron chi connectivity index (χ1n) is 12.0. The molecule has 0 spiro atoms. The molecule has 4 heterocycles. The minimum absolute atomic E-state index is 0.0814. The predicted octanol–water partition coefficient (Wildman–Crippen LogP) is 5.44. The van der Waals surface area contributed by atoms with E-state index >= 15 is 0 Å². The lowest BCUT2D eigenvalue weighted by atomic mass is 9.69. The molecule has 7 heteroatoms. The Morgan fingerprint density at radius 3 is 2.58 bits per heavy atom. The van der Waals surface area contributed by atoms with Crippen LogP contribution in [0, 0.1) is 5.41 Å². The van der Waals surface area contributed by atoms with E-state index in [0.29, 0.717) is 18.0 Å². The molecule has 0 saturated carbocycles. The molecule has 1 fully saturated rings. The monoisotopic (exact) mass is 494 g/mol. The van der Waals surface area contributed by atoms with Gasteiger partial charge < -0.3 is 10.2 Å². The van der Waals surface area contributed by atoms with Crippen molar-refractivity contribution in [2.75, 3.05) is 12.4 Å². The van der Waals surface area contributed by atoms with Crippen molar-refractivity contribution in [3.8, 4) is 11.1 Å². The van der Waals surface area contributed by atoms with Crippen LogP contribution in [0.1, 0.15) is 47.7 Å². The smallest absolute Gasteiger partial charge is 0.234 e. The lowest BCUT2D eigenvalue weighted by molar-refractivity contribution is -0.148. The van der Waals surface area contributed by atoms with Gasteiger partial charge in [0.1, 0.15) is 0 Å². The Hall–Kier alpha value is -3.84. The van der Waals surface area contributed by atoms with Gasteiger partial charge in [-0.3, -0.25) is 14.6 Å². The van der Waals surface area contributed by atoms with Crippen LogP contribution in [0.3, 0.4) is 0 Å². The number of thiazole rings is 1. The molecule has 2 aromatic heterocycles. The summed E-state index contributed by atoms with van der Waals surface area (Å²) in [5, 5.41) is 5.65. The number of rotatable bonds is 5. The van der Waals surface area contributed by atoms with Gasteiger partial charge in [-0.2, -0.15) is 0 Å². The zero-order valence-corrected chi connectivity index (χ0v) is 21.0. The molecule has 7 rings (SSSR count). The molecule has 36 heavy (non-hydrogen) atoms.